The van der Waals surface area contributed by atoms with Crippen molar-refractivity contribution in [2.24, 2.45) is 5.41 Å². The van der Waals surface area contributed by atoms with Crippen LogP contribution in [0.2, 0.25) is 0 Å². The van der Waals surface area contributed by atoms with Gasteiger partial charge in [0.15, 0.2) is 5.41 Å². The van der Waals surface area contributed by atoms with Crippen molar-refractivity contribution in [1.82, 2.24) is 15.0 Å². The summed E-state index contributed by atoms with van der Waals surface area (Å²) in [6, 6.07) is 20.5. The van der Waals surface area contributed by atoms with E-state index in [0.717, 1.165) is 11.1 Å². The SMILES string of the molecule is CC(C)OC(=O)OCC1CC(C(=O)O)(C(=O)O)CCN1Cc1ccc(-c2noc(-c3ccc(-c4ccccc4)c(F)c3)n2)cc1. The molecule has 1 aromatic heterocycles. The summed E-state index contributed by atoms with van der Waals surface area (Å²) in [5.41, 5.74) is 1.17. The number of carbonyl (C=O) groups is 3. The molecule has 5 rings (SSSR count). The van der Waals surface area contributed by atoms with Gasteiger partial charge in [-0.15, -0.1) is 0 Å². The van der Waals surface area contributed by atoms with Gasteiger partial charge >= 0.3 is 18.1 Å². The highest BCUT2D eigenvalue weighted by atomic mass is 19.1. The molecule has 2 heterocycles. The van der Waals surface area contributed by atoms with Gasteiger partial charge in [0.05, 0.1) is 6.10 Å². The summed E-state index contributed by atoms with van der Waals surface area (Å²) in [5, 5.41) is 23.6. The van der Waals surface area contributed by atoms with E-state index in [2.05, 4.69) is 10.1 Å². The van der Waals surface area contributed by atoms with Crippen LogP contribution >= 0.6 is 0 Å². The summed E-state index contributed by atoms with van der Waals surface area (Å²) in [6.45, 7) is 3.59. The summed E-state index contributed by atoms with van der Waals surface area (Å²) < 4.78 is 30.5. The second-order valence-corrected chi connectivity index (χ2v) is 11.2. The molecule has 3 aromatic carbocycles. The van der Waals surface area contributed by atoms with Crippen LogP contribution < -0.4 is 0 Å². The number of aliphatic carboxylic acids is 2. The normalized spacial score (nSPS) is 16.3. The minimum absolute atomic E-state index is 0.110. The molecule has 0 saturated carbocycles. The van der Waals surface area contributed by atoms with Crippen LogP contribution in [0.5, 0.6) is 0 Å². The molecule has 234 valence electrons. The van der Waals surface area contributed by atoms with Gasteiger partial charge in [-0.3, -0.25) is 14.5 Å². The van der Waals surface area contributed by atoms with Crippen LogP contribution in [0.15, 0.2) is 77.3 Å². The van der Waals surface area contributed by atoms with Gasteiger partial charge in [0.25, 0.3) is 5.89 Å². The summed E-state index contributed by atoms with van der Waals surface area (Å²) >= 11 is 0. The topological polar surface area (TPSA) is 152 Å². The van der Waals surface area contributed by atoms with E-state index in [1.165, 1.54) is 6.07 Å². The van der Waals surface area contributed by atoms with Gasteiger partial charge in [0.2, 0.25) is 5.82 Å². The summed E-state index contributed by atoms with van der Waals surface area (Å²) in [5.74, 6) is -2.79. The van der Waals surface area contributed by atoms with Crippen LogP contribution in [0, 0.1) is 11.2 Å². The first kappa shape index (κ1) is 31.3. The largest absolute Gasteiger partial charge is 0.508 e. The number of hydrogen-bond acceptors (Lipinski definition) is 9. The smallest absolute Gasteiger partial charge is 0.480 e. The van der Waals surface area contributed by atoms with Crippen molar-refractivity contribution < 1.29 is 43.0 Å². The molecule has 0 radical (unpaired) electrons. The number of rotatable bonds is 10. The highest BCUT2D eigenvalue weighted by Crippen LogP contribution is 2.37. The van der Waals surface area contributed by atoms with Gasteiger partial charge in [0, 0.05) is 35.8 Å². The maximum absolute atomic E-state index is 14.9. The van der Waals surface area contributed by atoms with E-state index in [0.29, 0.717) is 29.1 Å². The highest BCUT2D eigenvalue weighted by molar-refractivity contribution is 5.98. The van der Waals surface area contributed by atoms with Crippen LogP contribution in [0.4, 0.5) is 9.18 Å². The number of nitrogens with zero attached hydrogens (tertiary/aromatic N) is 3. The second kappa shape index (κ2) is 13.3. The fraction of sp³-hybridized carbons (Fsp3) is 0.303. The van der Waals surface area contributed by atoms with Gasteiger partial charge in [-0.05, 0) is 49.9 Å². The Bertz CT molecular complexity index is 1660. The third kappa shape index (κ3) is 7.01. The molecule has 2 N–H and O–H groups in total. The Kier molecular flexibility index (Phi) is 9.24. The van der Waals surface area contributed by atoms with E-state index in [4.69, 9.17) is 14.0 Å². The number of aromatic nitrogens is 2. The van der Waals surface area contributed by atoms with Crippen molar-refractivity contribution in [2.45, 2.75) is 45.4 Å². The zero-order chi connectivity index (χ0) is 32.1. The number of carboxylic acid groups (broad SMARTS) is 2. The first-order valence-corrected chi connectivity index (χ1v) is 14.4. The number of likely N-dealkylation sites (tertiary alicyclic amines) is 1. The Labute approximate surface area is 258 Å². The fourth-order valence-corrected chi connectivity index (χ4v) is 5.35. The molecule has 1 saturated heterocycles. The van der Waals surface area contributed by atoms with Crippen LogP contribution in [-0.2, 0) is 25.6 Å². The van der Waals surface area contributed by atoms with Crippen molar-refractivity contribution in [3.63, 3.8) is 0 Å². The molecular formula is C33H32FN3O8. The Morgan fingerprint density at radius 1 is 1.00 bits per heavy atom. The molecule has 45 heavy (non-hydrogen) atoms. The second-order valence-electron chi connectivity index (χ2n) is 11.2. The minimum atomic E-state index is -1.99. The van der Waals surface area contributed by atoms with Gasteiger partial charge in [-0.2, -0.15) is 4.98 Å². The summed E-state index contributed by atoms with van der Waals surface area (Å²) in [4.78, 5) is 42.3. The first-order chi connectivity index (χ1) is 21.6. The molecule has 1 atom stereocenters. The molecule has 1 fully saturated rings. The van der Waals surface area contributed by atoms with Gasteiger partial charge < -0.3 is 24.2 Å². The van der Waals surface area contributed by atoms with E-state index in [1.54, 1.807) is 38.1 Å². The van der Waals surface area contributed by atoms with Crippen LogP contribution in [-0.4, -0.2) is 68.6 Å². The highest BCUT2D eigenvalue weighted by Gasteiger charge is 2.52. The van der Waals surface area contributed by atoms with Crippen molar-refractivity contribution in [3.05, 3.63) is 84.2 Å². The van der Waals surface area contributed by atoms with E-state index < -0.39 is 41.5 Å². The molecule has 1 aliphatic rings. The Hall–Kier alpha value is -5.10. The number of hydrogen-bond donors (Lipinski definition) is 2. The van der Waals surface area contributed by atoms with Crippen molar-refractivity contribution >= 4 is 18.1 Å². The maximum atomic E-state index is 14.9. The van der Waals surface area contributed by atoms with Crippen molar-refractivity contribution in [1.29, 1.82) is 0 Å². The van der Waals surface area contributed by atoms with Crippen molar-refractivity contribution in [2.75, 3.05) is 13.2 Å². The lowest BCUT2D eigenvalue weighted by molar-refractivity contribution is -0.171. The van der Waals surface area contributed by atoms with E-state index in [-0.39, 0.29) is 31.9 Å². The molecule has 1 unspecified atom stereocenters. The first-order valence-electron chi connectivity index (χ1n) is 14.4. The maximum Gasteiger partial charge on any atom is 0.508 e. The fourth-order valence-electron chi connectivity index (χ4n) is 5.35. The average Bonchev–Trinajstić information content (AvgIpc) is 3.51. The molecule has 12 heteroatoms. The predicted molar refractivity (Wildman–Crippen MR) is 159 cm³/mol. The number of ether oxygens (including phenoxy) is 2. The quantitative estimate of drug-likeness (QED) is 0.162. The van der Waals surface area contributed by atoms with Gasteiger partial charge in [-0.25, -0.2) is 9.18 Å². The average molecular weight is 618 g/mol. The van der Waals surface area contributed by atoms with E-state index in [9.17, 15) is 29.0 Å². The summed E-state index contributed by atoms with van der Waals surface area (Å²) in [7, 11) is 0. The number of halogens is 1. The Morgan fingerprint density at radius 2 is 1.69 bits per heavy atom. The van der Waals surface area contributed by atoms with E-state index >= 15 is 0 Å². The molecule has 0 aliphatic carbocycles. The molecule has 4 aromatic rings. The lowest BCUT2D eigenvalue weighted by Gasteiger charge is -2.42. The molecule has 0 amide bonds. The van der Waals surface area contributed by atoms with Gasteiger partial charge in [-0.1, -0.05) is 65.8 Å². The number of carbonyl (C=O) groups excluding carboxylic acids is 1. The Balaban J connectivity index is 1.29. The zero-order valence-electron chi connectivity index (χ0n) is 24.7. The van der Waals surface area contributed by atoms with E-state index in [1.807, 2.05) is 47.4 Å². The lowest BCUT2D eigenvalue weighted by Crippen LogP contribution is -2.54. The molecule has 1 aliphatic heterocycles. The molecule has 11 nitrogen and oxygen atoms in total. The monoisotopic (exact) mass is 617 g/mol. The van der Waals surface area contributed by atoms with Crippen LogP contribution in [0.3, 0.4) is 0 Å². The van der Waals surface area contributed by atoms with Crippen LogP contribution in [0.25, 0.3) is 34.0 Å². The van der Waals surface area contributed by atoms with Crippen LogP contribution in [0.1, 0.15) is 32.3 Å². The molecule has 0 bridgehead atoms. The van der Waals surface area contributed by atoms with Gasteiger partial charge in [0.1, 0.15) is 12.4 Å². The Morgan fingerprint density at radius 3 is 2.33 bits per heavy atom. The third-order valence-electron chi connectivity index (χ3n) is 7.80. The number of benzene rings is 3. The lowest BCUT2D eigenvalue weighted by atomic mass is 9.75. The zero-order valence-corrected chi connectivity index (χ0v) is 24.7. The standard InChI is InChI=1S/C33H32FN3O8/c1-20(2)44-32(42)43-19-25-17-33(30(38)39,31(40)41)14-15-37(25)18-21-8-10-23(11-9-21)28-35-29(45-36-28)24-12-13-26(27(34)16-24)22-6-4-3-5-7-22/h3-13,16,20,25H,14-15,17-19H2,1-2H3,(H,38,39)(H,40,41). The molecular weight excluding hydrogens is 585 g/mol. The predicted octanol–water partition coefficient (Wildman–Crippen LogP) is 5.89. The number of carboxylic acids is 2. The molecule has 0 spiro atoms. The third-order valence-corrected chi connectivity index (χ3v) is 7.80. The minimum Gasteiger partial charge on any atom is -0.480 e. The van der Waals surface area contributed by atoms with Crippen molar-refractivity contribution in [3.8, 4) is 34.0 Å². The number of piperidine rings is 1. The summed E-state index contributed by atoms with van der Waals surface area (Å²) in [6.07, 6.45) is -1.68.